The number of benzene rings is 2. The maximum absolute atomic E-state index is 13.4. The average Bonchev–Trinajstić information content (AvgIpc) is 3.66. The number of aromatic amines is 1. The van der Waals surface area contributed by atoms with E-state index in [1.54, 1.807) is 18.2 Å². The lowest BCUT2D eigenvalue weighted by atomic mass is 9.53. The van der Waals surface area contributed by atoms with E-state index in [-0.39, 0.29) is 17.1 Å². The Morgan fingerprint density at radius 1 is 0.878 bits per heavy atom. The van der Waals surface area contributed by atoms with Crippen molar-refractivity contribution in [2.24, 2.45) is 5.41 Å². The second kappa shape index (κ2) is 9.44. The predicted molar refractivity (Wildman–Crippen MR) is 152 cm³/mol. The monoisotopic (exact) mass is 570 g/mol. The molecule has 9 nitrogen and oxygen atoms in total. The van der Waals surface area contributed by atoms with Crippen LogP contribution in [0.4, 0.5) is 0 Å². The number of amides is 1. The van der Waals surface area contributed by atoms with Gasteiger partial charge in [0, 0.05) is 16.7 Å². The van der Waals surface area contributed by atoms with Crippen molar-refractivity contribution in [1.29, 1.82) is 0 Å². The highest BCUT2D eigenvalue weighted by Gasteiger charge is 2.55. The molecule has 0 atom stereocenters. The van der Waals surface area contributed by atoms with Crippen molar-refractivity contribution >= 4 is 15.9 Å². The van der Waals surface area contributed by atoms with Gasteiger partial charge in [0.1, 0.15) is 5.82 Å². The molecule has 4 aliphatic rings. The number of hydrogen-bond acceptors (Lipinski definition) is 7. The van der Waals surface area contributed by atoms with E-state index in [1.165, 1.54) is 12.1 Å². The molecule has 2 bridgehead atoms. The molecule has 0 radical (unpaired) electrons. The van der Waals surface area contributed by atoms with Gasteiger partial charge in [-0.05, 0) is 87.9 Å². The number of sulfonamides is 1. The standard InChI is InChI=1S/C31H30N4O5S/c1-20-6-5-9-23(32-20)27-26(21-10-11-24-25(18-21)40-19-39-24)33-28(34-27)30-12-15-31(16-13-30,17-14-30)29(36)35-41(37,38)22-7-3-2-4-8-22/h2-11,18H,12-17,19H2,1H3,(H,33,34)(H,35,36). The van der Waals surface area contributed by atoms with Crippen molar-refractivity contribution in [1.82, 2.24) is 19.7 Å². The highest BCUT2D eigenvalue weighted by Crippen LogP contribution is 2.58. The molecule has 2 aromatic heterocycles. The molecule has 8 rings (SSSR count). The molecule has 4 aromatic rings. The molecule has 3 saturated carbocycles. The molecule has 41 heavy (non-hydrogen) atoms. The van der Waals surface area contributed by atoms with Crippen LogP contribution in [0.2, 0.25) is 0 Å². The average molecular weight is 571 g/mol. The van der Waals surface area contributed by atoms with E-state index in [9.17, 15) is 13.2 Å². The largest absolute Gasteiger partial charge is 0.454 e. The van der Waals surface area contributed by atoms with Crippen LogP contribution in [0.15, 0.2) is 71.6 Å². The second-order valence-electron chi connectivity index (χ2n) is 11.3. The van der Waals surface area contributed by atoms with E-state index in [4.69, 9.17) is 19.4 Å². The lowest BCUT2D eigenvalue weighted by Gasteiger charge is -2.51. The van der Waals surface area contributed by atoms with Crippen LogP contribution in [0.3, 0.4) is 0 Å². The van der Waals surface area contributed by atoms with Crippen LogP contribution >= 0.6 is 0 Å². The topological polar surface area (TPSA) is 123 Å². The second-order valence-corrected chi connectivity index (χ2v) is 13.0. The summed E-state index contributed by atoms with van der Waals surface area (Å²) in [5, 5.41) is 0. The highest BCUT2D eigenvalue weighted by atomic mass is 32.2. The van der Waals surface area contributed by atoms with Crippen molar-refractivity contribution in [3.8, 4) is 34.1 Å². The van der Waals surface area contributed by atoms with Crippen LogP contribution in [0, 0.1) is 12.3 Å². The quantitative estimate of drug-likeness (QED) is 0.324. The number of fused-ring (bicyclic) bond motifs is 4. The van der Waals surface area contributed by atoms with E-state index in [0.717, 1.165) is 53.4 Å². The molecule has 2 N–H and O–H groups in total. The number of ether oxygens (including phenoxy) is 2. The molecule has 3 fully saturated rings. The first-order valence-corrected chi connectivity index (χ1v) is 15.3. The minimum atomic E-state index is -3.92. The van der Waals surface area contributed by atoms with Crippen LogP contribution in [0.1, 0.15) is 50.0 Å². The third-order valence-electron chi connectivity index (χ3n) is 9.01. The third-order valence-corrected chi connectivity index (χ3v) is 10.4. The lowest BCUT2D eigenvalue weighted by molar-refractivity contribution is -0.136. The van der Waals surface area contributed by atoms with Gasteiger partial charge in [-0.2, -0.15) is 0 Å². The molecule has 1 aliphatic heterocycles. The summed E-state index contributed by atoms with van der Waals surface area (Å²) in [6.45, 7) is 2.16. The van der Waals surface area contributed by atoms with Crippen molar-refractivity contribution in [2.75, 3.05) is 6.79 Å². The number of imidazole rings is 1. The molecule has 3 heterocycles. The summed E-state index contributed by atoms with van der Waals surface area (Å²) in [6, 6.07) is 19.8. The molecule has 2 aromatic carbocycles. The van der Waals surface area contributed by atoms with Crippen LogP contribution in [0.5, 0.6) is 11.5 Å². The molecule has 1 amide bonds. The summed E-state index contributed by atoms with van der Waals surface area (Å²) < 4.78 is 39.3. The number of aryl methyl sites for hydroxylation is 1. The lowest BCUT2D eigenvalue weighted by Crippen LogP contribution is -2.52. The van der Waals surface area contributed by atoms with Gasteiger partial charge in [0.05, 0.1) is 27.4 Å². The number of aromatic nitrogens is 3. The fourth-order valence-corrected chi connectivity index (χ4v) is 7.61. The molecule has 210 valence electrons. The van der Waals surface area contributed by atoms with E-state index < -0.39 is 21.3 Å². The van der Waals surface area contributed by atoms with Gasteiger partial charge >= 0.3 is 0 Å². The van der Waals surface area contributed by atoms with Gasteiger partial charge in [0.15, 0.2) is 11.5 Å². The Morgan fingerprint density at radius 2 is 1.61 bits per heavy atom. The van der Waals surface area contributed by atoms with E-state index in [0.29, 0.717) is 30.8 Å². The highest BCUT2D eigenvalue weighted by molar-refractivity contribution is 7.90. The van der Waals surface area contributed by atoms with Gasteiger partial charge in [0.25, 0.3) is 10.0 Å². The predicted octanol–water partition coefficient (Wildman–Crippen LogP) is 5.27. The van der Waals surface area contributed by atoms with Gasteiger partial charge in [-0.15, -0.1) is 0 Å². The number of carbonyl (C=O) groups excluding carboxylic acids is 1. The fraction of sp³-hybridized carbons (Fsp3) is 0.323. The molecule has 0 spiro atoms. The molecular formula is C31H30N4O5S. The van der Waals surface area contributed by atoms with E-state index in [1.807, 2.05) is 43.3 Å². The maximum atomic E-state index is 13.4. The number of nitrogens with zero attached hydrogens (tertiary/aromatic N) is 2. The molecule has 0 unspecified atom stereocenters. The number of pyridine rings is 1. The summed E-state index contributed by atoms with van der Waals surface area (Å²) >= 11 is 0. The maximum Gasteiger partial charge on any atom is 0.264 e. The zero-order chi connectivity index (χ0) is 28.2. The van der Waals surface area contributed by atoms with Crippen LogP contribution in [-0.2, 0) is 20.2 Å². The summed E-state index contributed by atoms with van der Waals surface area (Å²) in [6.07, 6.45) is 4.01. The van der Waals surface area contributed by atoms with Crippen molar-refractivity contribution in [3.05, 3.63) is 78.2 Å². The van der Waals surface area contributed by atoms with Crippen molar-refractivity contribution in [3.63, 3.8) is 0 Å². The summed E-state index contributed by atoms with van der Waals surface area (Å²) in [4.78, 5) is 27.1. The Morgan fingerprint density at radius 3 is 2.34 bits per heavy atom. The third kappa shape index (κ3) is 4.37. The first kappa shape index (κ1) is 25.8. The Hall–Kier alpha value is -4.18. The minimum absolute atomic E-state index is 0.0923. The number of hydrogen-bond donors (Lipinski definition) is 2. The van der Waals surface area contributed by atoms with Crippen LogP contribution in [-0.4, -0.2) is 36.1 Å². The Balaban J connectivity index is 1.19. The van der Waals surface area contributed by atoms with Gasteiger partial charge in [-0.3, -0.25) is 9.78 Å². The smallest absolute Gasteiger partial charge is 0.264 e. The molecule has 3 aliphatic carbocycles. The van der Waals surface area contributed by atoms with Crippen molar-refractivity contribution < 1.29 is 22.7 Å². The zero-order valence-electron chi connectivity index (χ0n) is 22.6. The van der Waals surface area contributed by atoms with Crippen LogP contribution in [0.25, 0.3) is 22.6 Å². The first-order chi connectivity index (χ1) is 19.8. The Bertz CT molecular complexity index is 1740. The number of nitrogens with one attached hydrogen (secondary N) is 2. The number of carbonyl (C=O) groups is 1. The fourth-order valence-electron chi connectivity index (χ4n) is 6.52. The SMILES string of the molecule is Cc1cccc(-c2[nH]c(C34CCC(C(=O)NS(=O)(=O)c5ccccc5)(CC3)CC4)nc2-c2ccc3c(c2)OCO3)n1. The Kier molecular flexibility index (Phi) is 5.93. The first-order valence-electron chi connectivity index (χ1n) is 13.8. The van der Waals surface area contributed by atoms with Crippen LogP contribution < -0.4 is 14.2 Å². The number of H-pyrrole nitrogens is 1. The van der Waals surface area contributed by atoms with E-state index >= 15 is 0 Å². The molecule has 0 saturated heterocycles. The minimum Gasteiger partial charge on any atom is -0.454 e. The zero-order valence-corrected chi connectivity index (χ0v) is 23.5. The summed E-state index contributed by atoms with van der Waals surface area (Å²) in [7, 11) is -3.92. The molecule has 10 heteroatoms. The van der Waals surface area contributed by atoms with E-state index in [2.05, 4.69) is 9.71 Å². The normalized spacial score (nSPS) is 23.0. The van der Waals surface area contributed by atoms with Gasteiger partial charge in [-0.1, -0.05) is 24.3 Å². The molecular weight excluding hydrogens is 540 g/mol. The van der Waals surface area contributed by atoms with Gasteiger partial charge < -0.3 is 14.5 Å². The van der Waals surface area contributed by atoms with Gasteiger partial charge in [-0.25, -0.2) is 18.1 Å². The number of rotatable bonds is 6. The summed E-state index contributed by atoms with van der Waals surface area (Å²) in [5.74, 6) is 1.88. The van der Waals surface area contributed by atoms with Gasteiger partial charge in [0.2, 0.25) is 12.7 Å². The summed E-state index contributed by atoms with van der Waals surface area (Å²) in [5.41, 5.74) is 3.32. The van der Waals surface area contributed by atoms with Crippen molar-refractivity contribution in [2.45, 2.75) is 55.8 Å². The Labute approximate surface area is 238 Å².